The Balaban J connectivity index is 1.50. The minimum Gasteiger partial charge on any atom is -0.272 e. The van der Waals surface area contributed by atoms with Crippen LogP contribution in [0.5, 0.6) is 0 Å². The minimum atomic E-state index is -0.511. The maximum Gasteiger partial charge on any atom is 0.278 e. The van der Waals surface area contributed by atoms with E-state index in [1.165, 1.54) is 30.1 Å². The van der Waals surface area contributed by atoms with E-state index in [2.05, 4.69) is 25.7 Å². The lowest BCUT2D eigenvalue weighted by atomic mass is 10.2. The predicted octanol–water partition coefficient (Wildman–Crippen LogP) is 4.13. The molecule has 0 saturated heterocycles. The number of nitrogens with one attached hydrogen (secondary N) is 1. The molecule has 2 aromatic heterocycles. The summed E-state index contributed by atoms with van der Waals surface area (Å²) in [6, 6.07) is 16.9. The van der Waals surface area contributed by atoms with E-state index in [1.807, 2.05) is 28.8 Å². The first-order valence-corrected chi connectivity index (χ1v) is 11.2. The third kappa shape index (κ3) is 5.45. The molecule has 0 radical (unpaired) electrons. The number of nitro groups is 1. The molecule has 0 aliphatic rings. The third-order valence-electron chi connectivity index (χ3n) is 4.52. The molecule has 0 spiro atoms. The number of nitro benzene ring substituents is 1. The number of halogens is 1. The number of hydrazone groups is 1. The van der Waals surface area contributed by atoms with Gasteiger partial charge < -0.3 is 0 Å². The lowest BCUT2D eigenvalue weighted by Crippen LogP contribution is -2.20. The van der Waals surface area contributed by atoms with Crippen molar-refractivity contribution in [3.05, 3.63) is 93.8 Å². The number of nitrogens with zero attached hydrogens (tertiary/aromatic N) is 6. The monoisotopic (exact) mass is 493 g/mol. The SMILES string of the molecule is O=C(CSc1nnc(-c2ccncc2)n1-c1ccc(Cl)cc1)N/N=C\c1ccccc1[N+](=O)[O-]. The molecule has 2 aromatic carbocycles. The normalized spacial score (nSPS) is 11.0. The molecule has 10 nitrogen and oxygen atoms in total. The molecule has 34 heavy (non-hydrogen) atoms. The van der Waals surface area contributed by atoms with E-state index < -0.39 is 10.8 Å². The van der Waals surface area contributed by atoms with Crippen molar-refractivity contribution in [2.24, 2.45) is 5.10 Å². The van der Waals surface area contributed by atoms with E-state index in [4.69, 9.17) is 11.6 Å². The lowest BCUT2D eigenvalue weighted by Gasteiger charge is -2.10. The Labute approximate surface area is 202 Å². The molecule has 0 aliphatic carbocycles. The van der Waals surface area contributed by atoms with Crippen LogP contribution in [0.1, 0.15) is 5.56 Å². The molecule has 0 saturated carbocycles. The smallest absolute Gasteiger partial charge is 0.272 e. The zero-order valence-corrected chi connectivity index (χ0v) is 19.0. The van der Waals surface area contributed by atoms with Gasteiger partial charge in [-0.1, -0.05) is 35.5 Å². The van der Waals surface area contributed by atoms with Crippen molar-refractivity contribution in [1.82, 2.24) is 25.2 Å². The molecule has 1 N–H and O–H groups in total. The Hall–Kier alpha value is -4.09. The van der Waals surface area contributed by atoms with Gasteiger partial charge in [0.25, 0.3) is 11.6 Å². The van der Waals surface area contributed by atoms with Crippen molar-refractivity contribution in [3.8, 4) is 17.1 Å². The van der Waals surface area contributed by atoms with E-state index in [0.717, 1.165) is 11.3 Å². The average molecular weight is 494 g/mol. The van der Waals surface area contributed by atoms with Gasteiger partial charge in [-0.3, -0.25) is 24.5 Å². The van der Waals surface area contributed by atoms with Crippen LogP contribution in [0.15, 0.2) is 83.3 Å². The van der Waals surface area contributed by atoms with Crippen molar-refractivity contribution in [2.75, 3.05) is 5.75 Å². The first-order chi connectivity index (χ1) is 16.5. The van der Waals surface area contributed by atoms with Crippen LogP contribution in [-0.2, 0) is 4.79 Å². The Morgan fingerprint density at radius 3 is 2.59 bits per heavy atom. The highest BCUT2D eigenvalue weighted by Crippen LogP contribution is 2.28. The summed E-state index contributed by atoms with van der Waals surface area (Å²) in [6.45, 7) is 0. The number of hydrogen-bond acceptors (Lipinski definition) is 8. The second-order valence-electron chi connectivity index (χ2n) is 6.75. The molecule has 0 unspecified atom stereocenters. The zero-order valence-electron chi connectivity index (χ0n) is 17.4. The maximum atomic E-state index is 12.3. The van der Waals surface area contributed by atoms with Crippen LogP contribution in [0, 0.1) is 10.1 Å². The van der Waals surface area contributed by atoms with Gasteiger partial charge in [0.2, 0.25) is 0 Å². The molecule has 1 amide bonds. The maximum absolute atomic E-state index is 12.3. The fraction of sp³-hybridized carbons (Fsp3) is 0.0455. The lowest BCUT2D eigenvalue weighted by molar-refractivity contribution is -0.385. The fourth-order valence-corrected chi connectivity index (χ4v) is 3.84. The van der Waals surface area contributed by atoms with Crippen molar-refractivity contribution in [1.29, 1.82) is 0 Å². The van der Waals surface area contributed by atoms with E-state index in [1.54, 1.807) is 36.7 Å². The van der Waals surface area contributed by atoms with Crippen LogP contribution in [0.3, 0.4) is 0 Å². The number of thioether (sulfide) groups is 1. The molecule has 0 atom stereocenters. The molecule has 4 aromatic rings. The molecule has 4 rings (SSSR count). The van der Waals surface area contributed by atoms with Crippen molar-refractivity contribution in [3.63, 3.8) is 0 Å². The number of amides is 1. The van der Waals surface area contributed by atoms with Crippen LogP contribution in [0.4, 0.5) is 5.69 Å². The summed E-state index contributed by atoms with van der Waals surface area (Å²) in [4.78, 5) is 26.9. The summed E-state index contributed by atoms with van der Waals surface area (Å²) in [5.74, 6) is 0.175. The van der Waals surface area contributed by atoms with Crippen molar-refractivity contribution in [2.45, 2.75) is 5.16 Å². The molecular formula is C22H16ClN7O3S. The van der Waals surface area contributed by atoms with Crippen LogP contribution < -0.4 is 5.43 Å². The molecule has 0 bridgehead atoms. The first-order valence-electron chi connectivity index (χ1n) is 9.83. The highest BCUT2D eigenvalue weighted by molar-refractivity contribution is 7.99. The Morgan fingerprint density at radius 1 is 1.12 bits per heavy atom. The summed E-state index contributed by atoms with van der Waals surface area (Å²) < 4.78 is 1.82. The minimum absolute atomic E-state index is 0.00368. The summed E-state index contributed by atoms with van der Waals surface area (Å²) in [6.07, 6.45) is 4.55. The average Bonchev–Trinajstić information content (AvgIpc) is 3.28. The van der Waals surface area contributed by atoms with Gasteiger partial charge in [-0.25, -0.2) is 5.43 Å². The molecule has 0 fully saturated rings. The van der Waals surface area contributed by atoms with Gasteiger partial charge in [-0.05, 0) is 42.5 Å². The Kier molecular flexibility index (Phi) is 7.25. The molecule has 0 aliphatic heterocycles. The van der Waals surface area contributed by atoms with E-state index in [9.17, 15) is 14.9 Å². The summed E-state index contributed by atoms with van der Waals surface area (Å²) in [5.41, 5.74) is 4.14. The van der Waals surface area contributed by atoms with Crippen molar-refractivity contribution >= 4 is 41.2 Å². The summed E-state index contributed by atoms with van der Waals surface area (Å²) in [5, 5.41) is 24.5. The Bertz CT molecular complexity index is 1340. The van der Waals surface area contributed by atoms with Gasteiger partial charge in [0, 0.05) is 34.7 Å². The van der Waals surface area contributed by atoms with Gasteiger partial charge in [-0.15, -0.1) is 10.2 Å². The van der Waals surface area contributed by atoms with E-state index >= 15 is 0 Å². The van der Waals surface area contributed by atoms with Crippen LogP contribution >= 0.6 is 23.4 Å². The number of rotatable bonds is 8. The number of carbonyl (C=O) groups excluding carboxylic acids is 1. The summed E-state index contributed by atoms with van der Waals surface area (Å²) in [7, 11) is 0. The van der Waals surface area contributed by atoms with Gasteiger partial charge in [-0.2, -0.15) is 5.10 Å². The highest BCUT2D eigenvalue weighted by atomic mass is 35.5. The number of carbonyl (C=O) groups is 1. The Morgan fingerprint density at radius 2 is 1.85 bits per heavy atom. The topological polar surface area (TPSA) is 128 Å². The molecule has 170 valence electrons. The summed E-state index contributed by atoms with van der Waals surface area (Å²) >= 11 is 7.21. The standard InChI is InChI=1S/C22H16ClN7O3S/c23-17-5-7-18(8-6-17)29-21(15-9-11-24-12-10-15)27-28-22(29)34-14-20(31)26-25-13-16-3-1-2-4-19(16)30(32)33/h1-13H,14H2,(H,26,31)/b25-13-. The van der Waals surface area contributed by atoms with E-state index in [0.29, 0.717) is 16.0 Å². The molecular weight excluding hydrogens is 478 g/mol. The van der Waals surface area contributed by atoms with Crippen LogP contribution in [-0.4, -0.2) is 42.5 Å². The number of hydrogen-bond donors (Lipinski definition) is 1. The third-order valence-corrected chi connectivity index (χ3v) is 5.70. The number of benzene rings is 2. The van der Waals surface area contributed by atoms with Crippen LogP contribution in [0.25, 0.3) is 17.1 Å². The van der Waals surface area contributed by atoms with Gasteiger partial charge >= 0.3 is 0 Å². The van der Waals surface area contributed by atoms with Crippen LogP contribution in [0.2, 0.25) is 5.02 Å². The van der Waals surface area contributed by atoms with Gasteiger partial charge in [0.05, 0.1) is 22.5 Å². The molecule has 12 heteroatoms. The predicted molar refractivity (Wildman–Crippen MR) is 129 cm³/mol. The first kappa shape index (κ1) is 23.1. The molecule has 2 heterocycles. The number of para-hydroxylation sites is 1. The quantitative estimate of drug-likeness (QED) is 0.169. The number of aromatic nitrogens is 4. The van der Waals surface area contributed by atoms with Gasteiger partial charge in [0.1, 0.15) is 0 Å². The second kappa shape index (κ2) is 10.7. The largest absolute Gasteiger partial charge is 0.278 e. The van der Waals surface area contributed by atoms with Gasteiger partial charge in [0.15, 0.2) is 11.0 Å². The highest BCUT2D eigenvalue weighted by Gasteiger charge is 2.17. The zero-order chi connectivity index (χ0) is 23.9. The second-order valence-corrected chi connectivity index (χ2v) is 8.13. The van der Waals surface area contributed by atoms with Crippen molar-refractivity contribution < 1.29 is 9.72 Å². The number of pyridine rings is 1. The van der Waals surface area contributed by atoms with E-state index in [-0.39, 0.29) is 17.0 Å². The fourth-order valence-electron chi connectivity index (χ4n) is 2.97.